The monoisotopic (exact) mass is 164 g/mol. The van der Waals surface area contributed by atoms with Crippen LogP contribution in [0, 0.1) is 0 Å². The molecule has 0 rings (SSSR count). The lowest BCUT2D eigenvalue weighted by atomic mass is 10.4. The number of hydrogen-bond acceptors (Lipinski definition) is 2. The number of carbonyl (C=O) groups is 1. The highest BCUT2D eigenvalue weighted by Gasteiger charge is 1.93. The summed E-state index contributed by atoms with van der Waals surface area (Å²) in [5.41, 5.74) is 0. The van der Waals surface area contributed by atoms with Crippen molar-refractivity contribution in [3.8, 4) is 0 Å². The van der Waals surface area contributed by atoms with Gasteiger partial charge in [-0.3, -0.25) is 4.79 Å². The third-order valence-electron chi connectivity index (χ3n) is 0.450. The minimum atomic E-state index is -0.178. The number of rotatable bonds is 1. The molecule has 0 aliphatic carbocycles. The minimum Gasteiger partial charge on any atom is -0.514 e. The molecule has 0 aliphatic heterocycles. The van der Waals surface area contributed by atoms with Crippen molar-refractivity contribution in [2.75, 3.05) is 0 Å². The molecular formula is C4H5BrO2. The predicted octanol–water partition coefficient (Wildman–Crippen LogP) is 1.37. The Labute approximate surface area is 50.0 Å². The van der Waals surface area contributed by atoms with Gasteiger partial charge in [0.1, 0.15) is 0 Å². The van der Waals surface area contributed by atoms with Crippen LogP contribution in [0.15, 0.2) is 10.7 Å². The largest absolute Gasteiger partial charge is 0.514 e. The van der Waals surface area contributed by atoms with Crippen LogP contribution in [0.1, 0.15) is 6.92 Å². The van der Waals surface area contributed by atoms with E-state index in [2.05, 4.69) is 15.9 Å². The van der Waals surface area contributed by atoms with Crippen LogP contribution in [0.25, 0.3) is 0 Å². The highest BCUT2D eigenvalue weighted by molar-refractivity contribution is 9.12. The number of allylic oxidation sites excluding steroid dienone is 1. The number of halogens is 1. The molecule has 0 spiro atoms. The molecule has 0 amide bonds. The molecule has 0 aromatic rings. The molecule has 0 fully saturated rings. The number of hydrogen-bond donors (Lipinski definition) is 1. The Morgan fingerprint density at radius 2 is 2.29 bits per heavy atom. The molecule has 1 N–H and O–H groups in total. The molecule has 0 bridgehead atoms. The number of aliphatic hydroxyl groups is 1. The maximum absolute atomic E-state index is 10.1. The second-order valence-electron chi connectivity index (χ2n) is 1.03. The highest BCUT2D eigenvalue weighted by Crippen LogP contribution is 2.02. The highest BCUT2D eigenvalue weighted by atomic mass is 79.9. The van der Waals surface area contributed by atoms with Crippen molar-refractivity contribution in [1.29, 1.82) is 0 Å². The summed E-state index contributed by atoms with van der Waals surface area (Å²) in [7, 11) is 0. The first kappa shape index (κ1) is 6.69. The average Bonchev–Trinajstić information content (AvgIpc) is 1.65. The lowest BCUT2D eigenvalue weighted by molar-refractivity contribution is -0.113. The van der Waals surface area contributed by atoms with E-state index >= 15 is 0 Å². The maximum atomic E-state index is 10.1. The quantitative estimate of drug-likeness (QED) is 0.470. The second-order valence-corrected chi connectivity index (χ2v) is 1.89. The van der Waals surface area contributed by atoms with Gasteiger partial charge in [-0.25, -0.2) is 0 Å². The average molecular weight is 165 g/mol. The van der Waals surface area contributed by atoms with Gasteiger partial charge in [0, 0.05) is 0 Å². The summed E-state index contributed by atoms with van der Waals surface area (Å²) in [5.74, 6) is -0.178. The molecule has 0 atom stereocenters. The zero-order valence-electron chi connectivity index (χ0n) is 3.81. The fourth-order valence-electron chi connectivity index (χ4n) is 0.0909. The van der Waals surface area contributed by atoms with E-state index in [0.717, 1.165) is 6.26 Å². The molecular weight excluding hydrogens is 160 g/mol. The van der Waals surface area contributed by atoms with Crippen molar-refractivity contribution < 1.29 is 9.90 Å². The van der Waals surface area contributed by atoms with Gasteiger partial charge in [-0.2, -0.15) is 0 Å². The van der Waals surface area contributed by atoms with Crippen LogP contribution in [0.3, 0.4) is 0 Å². The van der Waals surface area contributed by atoms with E-state index in [-0.39, 0.29) is 10.3 Å². The summed E-state index contributed by atoms with van der Waals surface area (Å²) < 4.78 is 0.201. The van der Waals surface area contributed by atoms with E-state index in [0.29, 0.717) is 0 Å². The molecule has 0 saturated heterocycles. The van der Waals surface area contributed by atoms with Crippen LogP contribution in [-0.2, 0) is 4.79 Å². The van der Waals surface area contributed by atoms with Gasteiger partial charge < -0.3 is 5.11 Å². The zero-order chi connectivity index (χ0) is 5.86. The molecule has 0 aliphatic rings. The van der Waals surface area contributed by atoms with E-state index in [1.807, 2.05) is 0 Å². The summed E-state index contributed by atoms with van der Waals surface area (Å²) in [4.78, 5) is 10.1. The molecule has 40 valence electrons. The van der Waals surface area contributed by atoms with Crippen molar-refractivity contribution in [2.45, 2.75) is 6.92 Å². The van der Waals surface area contributed by atoms with Gasteiger partial charge >= 0.3 is 0 Å². The van der Waals surface area contributed by atoms with Gasteiger partial charge in [-0.1, -0.05) is 0 Å². The molecule has 0 aromatic carbocycles. The Kier molecular flexibility index (Phi) is 2.67. The fraction of sp³-hybridized carbons (Fsp3) is 0.250. The van der Waals surface area contributed by atoms with Crippen LogP contribution in [-0.4, -0.2) is 10.9 Å². The fourth-order valence-corrected chi connectivity index (χ4v) is 0.0909. The number of Topliss-reactive ketones (excluding diaryl/α,β-unsaturated/α-hetero) is 1. The smallest absolute Gasteiger partial charge is 0.169 e. The van der Waals surface area contributed by atoms with E-state index < -0.39 is 0 Å². The summed E-state index contributed by atoms with van der Waals surface area (Å²) >= 11 is 2.80. The first-order valence-electron chi connectivity index (χ1n) is 1.69. The van der Waals surface area contributed by atoms with E-state index in [9.17, 15) is 4.79 Å². The summed E-state index contributed by atoms with van der Waals surface area (Å²) in [5, 5.41) is 8.08. The summed E-state index contributed by atoms with van der Waals surface area (Å²) in [6, 6.07) is 0. The van der Waals surface area contributed by atoms with Crippen molar-refractivity contribution >= 4 is 21.7 Å². The maximum Gasteiger partial charge on any atom is 0.169 e. The summed E-state index contributed by atoms with van der Waals surface area (Å²) in [6.45, 7) is 1.36. The number of carbonyl (C=O) groups excluding carboxylic acids is 1. The molecule has 0 unspecified atom stereocenters. The Hall–Kier alpha value is -0.310. The molecule has 3 heteroatoms. The SMILES string of the molecule is CC(=O)C(Br)=CO. The van der Waals surface area contributed by atoms with Crippen LogP contribution in [0.2, 0.25) is 0 Å². The normalized spacial score (nSPS) is 11.4. The van der Waals surface area contributed by atoms with E-state index in [1.54, 1.807) is 0 Å². The van der Waals surface area contributed by atoms with Gasteiger partial charge in [0.15, 0.2) is 5.78 Å². The third kappa shape index (κ3) is 2.39. The van der Waals surface area contributed by atoms with Crippen LogP contribution < -0.4 is 0 Å². The summed E-state index contributed by atoms with van der Waals surface area (Å²) in [6.07, 6.45) is 0.725. The lowest BCUT2D eigenvalue weighted by Gasteiger charge is -1.81. The van der Waals surface area contributed by atoms with Gasteiger partial charge in [-0.15, -0.1) is 0 Å². The van der Waals surface area contributed by atoms with Gasteiger partial charge in [0.2, 0.25) is 0 Å². The molecule has 2 nitrogen and oxygen atoms in total. The minimum absolute atomic E-state index is 0.178. The van der Waals surface area contributed by atoms with Gasteiger partial charge in [0.25, 0.3) is 0 Å². The third-order valence-corrected chi connectivity index (χ3v) is 1.21. The topological polar surface area (TPSA) is 37.3 Å². The molecule has 0 heterocycles. The van der Waals surface area contributed by atoms with Crippen molar-refractivity contribution in [2.24, 2.45) is 0 Å². The van der Waals surface area contributed by atoms with Crippen LogP contribution >= 0.6 is 15.9 Å². The zero-order valence-corrected chi connectivity index (χ0v) is 5.40. The van der Waals surface area contributed by atoms with E-state index in [4.69, 9.17) is 5.11 Å². The first-order chi connectivity index (χ1) is 3.18. The molecule has 0 radical (unpaired) electrons. The van der Waals surface area contributed by atoms with Crippen LogP contribution in [0.5, 0.6) is 0 Å². The molecule has 7 heavy (non-hydrogen) atoms. The standard InChI is InChI=1S/C4H5BrO2/c1-3(7)4(5)2-6/h2,6H,1H3. The Bertz CT molecular complexity index is 106. The second kappa shape index (κ2) is 2.80. The lowest BCUT2D eigenvalue weighted by Crippen LogP contribution is -1.85. The van der Waals surface area contributed by atoms with Crippen LogP contribution in [0.4, 0.5) is 0 Å². The van der Waals surface area contributed by atoms with E-state index in [1.165, 1.54) is 6.92 Å². The Balaban J connectivity index is 3.82. The van der Waals surface area contributed by atoms with Crippen molar-refractivity contribution in [3.05, 3.63) is 10.7 Å². The first-order valence-corrected chi connectivity index (χ1v) is 2.48. The Morgan fingerprint density at radius 1 is 1.86 bits per heavy atom. The number of ketones is 1. The molecule has 0 saturated carbocycles. The molecule has 0 aromatic heterocycles. The van der Waals surface area contributed by atoms with Gasteiger partial charge in [-0.05, 0) is 22.9 Å². The van der Waals surface area contributed by atoms with Crippen molar-refractivity contribution in [1.82, 2.24) is 0 Å². The van der Waals surface area contributed by atoms with Crippen molar-refractivity contribution in [3.63, 3.8) is 0 Å². The number of aliphatic hydroxyl groups excluding tert-OH is 1. The van der Waals surface area contributed by atoms with Gasteiger partial charge in [0.05, 0.1) is 10.7 Å². The Morgan fingerprint density at radius 3 is 2.29 bits per heavy atom. The predicted molar refractivity (Wildman–Crippen MR) is 30.3 cm³/mol.